The summed E-state index contributed by atoms with van der Waals surface area (Å²) in [6.45, 7) is 4.23. The molecule has 18 heavy (non-hydrogen) atoms. The number of carboxylic acids is 1. The topological polar surface area (TPSA) is 113 Å². The number of nitrogens with one attached hydrogen (secondary N) is 1. The van der Waals surface area contributed by atoms with Crippen LogP contribution >= 0.6 is 0 Å². The van der Waals surface area contributed by atoms with Gasteiger partial charge in [-0.15, -0.1) is 0 Å². The van der Waals surface area contributed by atoms with Gasteiger partial charge in [0.1, 0.15) is 6.04 Å². The second-order valence-corrected chi connectivity index (χ2v) is 4.91. The maximum Gasteiger partial charge on any atom is 0.326 e. The van der Waals surface area contributed by atoms with Gasteiger partial charge < -0.3 is 21.3 Å². The fourth-order valence-corrected chi connectivity index (χ4v) is 1.83. The van der Waals surface area contributed by atoms with Crippen LogP contribution in [0.15, 0.2) is 0 Å². The smallest absolute Gasteiger partial charge is 0.326 e. The summed E-state index contributed by atoms with van der Waals surface area (Å²) in [7, 11) is 0. The van der Waals surface area contributed by atoms with E-state index in [4.69, 9.17) is 15.9 Å². The molecule has 0 saturated heterocycles. The number of amides is 1. The Morgan fingerprint density at radius 1 is 1.33 bits per heavy atom. The monoisotopic (exact) mass is 260 g/mol. The lowest BCUT2D eigenvalue weighted by Gasteiger charge is -2.18. The van der Waals surface area contributed by atoms with Crippen molar-refractivity contribution >= 4 is 11.9 Å². The molecule has 0 fully saturated rings. The molecule has 0 rings (SSSR count). The van der Waals surface area contributed by atoms with Crippen molar-refractivity contribution < 1.29 is 19.8 Å². The molecule has 0 unspecified atom stereocenters. The van der Waals surface area contributed by atoms with Gasteiger partial charge in [-0.3, -0.25) is 4.79 Å². The van der Waals surface area contributed by atoms with Gasteiger partial charge in [0.15, 0.2) is 0 Å². The van der Waals surface area contributed by atoms with Crippen molar-refractivity contribution in [3.05, 3.63) is 0 Å². The number of rotatable bonds is 9. The third kappa shape index (κ3) is 7.24. The fourth-order valence-electron chi connectivity index (χ4n) is 1.83. The number of carbonyl (C=O) groups excluding carboxylic acids is 1. The highest BCUT2D eigenvalue weighted by molar-refractivity contribution is 5.83. The van der Waals surface area contributed by atoms with E-state index < -0.39 is 12.0 Å². The van der Waals surface area contributed by atoms with Crippen molar-refractivity contribution in [1.82, 2.24) is 5.32 Å². The average molecular weight is 260 g/mol. The standard InChI is InChI=1S/C12H24N2O4/c1-8(2)5-9(7-13)6-11(16)14-10(3-4-15)12(17)18/h8-10,15H,3-7,13H2,1-2H3,(H,14,16)(H,17,18)/t9-,10-/m0/s1. The van der Waals surface area contributed by atoms with Crippen molar-refractivity contribution in [3.63, 3.8) is 0 Å². The Morgan fingerprint density at radius 2 is 1.94 bits per heavy atom. The highest BCUT2D eigenvalue weighted by atomic mass is 16.4. The van der Waals surface area contributed by atoms with E-state index in [1.165, 1.54) is 0 Å². The van der Waals surface area contributed by atoms with E-state index in [1.54, 1.807) is 0 Å². The fraction of sp³-hybridized carbons (Fsp3) is 0.833. The Labute approximate surface area is 108 Å². The predicted octanol–water partition coefficient (Wildman–Crippen LogP) is -0.0507. The van der Waals surface area contributed by atoms with Crippen molar-refractivity contribution in [2.45, 2.75) is 39.2 Å². The van der Waals surface area contributed by atoms with Gasteiger partial charge >= 0.3 is 5.97 Å². The van der Waals surface area contributed by atoms with Crippen LogP contribution in [0.25, 0.3) is 0 Å². The second-order valence-electron chi connectivity index (χ2n) is 4.91. The van der Waals surface area contributed by atoms with Crippen molar-refractivity contribution in [2.24, 2.45) is 17.6 Å². The Morgan fingerprint density at radius 3 is 2.33 bits per heavy atom. The summed E-state index contributed by atoms with van der Waals surface area (Å²) in [6.07, 6.45) is 1.07. The largest absolute Gasteiger partial charge is 0.480 e. The third-order valence-corrected chi connectivity index (χ3v) is 2.66. The van der Waals surface area contributed by atoms with Crippen LogP contribution in [0.4, 0.5) is 0 Å². The number of nitrogens with two attached hydrogens (primary N) is 1. The zero-order valence-corrected chi connectivity index (χ0v) is 11.1. The number of carbonyl (C=O) groups is 2. The zero-order valence-electron chi connectivity index (χ0n) is 11.1. The Kier molecular flexibility index (Phi) is 8.32. The summed E-state index contributed by atoms with van der Waals surface area (Å²) in [4.78, 5) is 22.5. The normalized spacial score (nSPS) is 14.3. The molecule has 6 heteroatoms. The van der Waals surface area contributed by atoms with E-state index in [1.807, 2.05) is 13.8 Å². The number of aliphatic hydroxyl groups is 1. The average Bonchev–Trinajstić information content (AvgIpc) is 2.26. The van der Waals surface area contributed by atoms with E-state index in [2.05, 4.69) is 5.32 Å². The van der Waals surface area contributed by atoms with E-state index in [-0.39, 0.29) is 31.3 Å². The van der Waals surface area contributed by atoms with E-state index in [9.17, 15) is 9.59 Å². The van der Waals surface area contributed by atoms with Crippen LogP contribution in [0.3, 0.4) is 0 Å². The second kappa shape index (κ2) is 8.88. The first-order chi connectivity index (χ1) is 8.40. The van der Waals surface area contributed by atoms with Gasteiger partial charge in [0.2, 0.25) is 5.91 Å². The molecule has 1 amide bonds. The lowest BCUT2D eigenvalue weighted by atomic mass is 9.94. The molecule has 0 aliphatic rings. The molecule has 0 spiro atoms. The van der Waals surface area contributed by atoms with Gasteiger partial charge in [-0.1, -0.05) is 13.8 Å². The van der Waals surface area contributed by atoms with Crippen molar-refractivity contribution in [1.29, 1.82) is 0 Å². The van der Waals surface area contributed by atoms with E-state index in [0.717, 1.165) is 6.42 Å². The van der Waals surface area contributed by atoms with Crippen LogP contribution in [-0.2, 0) is 9.59 Å². The lowest BCUT2D eigenvalue weighted by Crippen LogP contribution is -2.42. The maximum absolute atomic E-state index is 11.7. The minimum absolute atomic E-state index is 0.0124. The maximum atomic E-state index is 11.7. The van der Waals surface area contributed by atoms with Crippen LogP contribution in [-0.4, -0.2) is 41.3 Å². The first-order valence-electron chi connectivity index (χ1n) is 6.23. The Balaban J connectivity index is 4.24. The molecule has 0 bridgehead atoms. The highest BCUT2D eigenvalue weighted by Gasteiger charge is 2.21. The molecule has 0 aromatic rings. The summed E-state index contributed by atoms with van der Waals surface area (Å²) >= 11 is 0. The van der Waals surface area contributed by atoms with Crippen molar-refractivity contribution in [3.8, 4) is 0 Å². The Bertz CT molecular complexity index is 269. The van der Waals surface area contributed by atoms with Gasteiger partial charge in [-0.05, 0) is 24.8 Å². The first-order valence-corrected chi connectivity index (χ1v) is 6.23. The summed E-state index contributed by atoms with van der Waals surface area (Å²) in [5.41, 5.74) is 5.58. The van der Waals surface area contributed by atoms with Crippen LogP contribution in [0, 0.1) is 11.8 Å². The highest BCUT2D eigenvalue weighted by Crippen LogP contribution is 2.14. The molecule has 0 aliphatic heterocycles. The number of aliphatic hydroxyl groups excluding tert-OH is 1. The molecule has 0 radical (unpaired) electrons. The lowest BCUT2D eigenvalue weighted by molar-refractivity contribution is -0.142. The third-order valence-electron chi connectivity index (χ3n) is 2.66. The molecule has 0 saturated carbocycles. The summed E-state index contributed by atoms with van der Waals surface area (Å²) < 4.78 is 0. The molecular weight excluding hydrogens is 236 g/mol. The van der Waals surface area contributed by atoms with Crippen molar-refractivity contribution in [2.75, 3.05) is 13.2 Å². The van der Waals surface area contributed by atoms with E-state index >= 15 is 0 Å². The molecule has 0 aliphatic carbocycles. The number of carboxylic acid groups (broad SMARTS) is 1. The van der Waals surface area contributed by atoms with Gasteiger partial charge in [0.05, 0.1) is 0 Å². The quantitative estimate of drug-likeness (QED) is 0.464. The van der Waals surface area contributed by atoms with E-state index in [0.29, 0.717) is 12.5 Å². The van der Waals surface area contributed by atoms with Gasteiger partial charge in [0.25, 0.3) is 0 Å². The van der Waals surface area contributed by atoms with Crippen LogP contribution in [0.1, 0.15) is 33.1 Å². The first kappa shape index (κ1) is 16.9. The number of hydrogen-bond donors (Lipinski definition) is 4. The molecular formula is C12H24N2O4. The molecule has 5 N–H and O–H groups in total. The minimum Gasteiger partial charge on any atom is -0.480 e. The van der Waals surface area contributed by atoms with Crippen LogP contribution < -0.4 is 11.1 Å². The van der Waals surface area contributed by atoms with Crippen LogP contribution in [0.2, 0.25) is 0 Å². The SMILES string of the molecule is CC(C)C[C@H](CN)CC(=O)N[C@@H](CCO)C(=O)O. The minimum atomic E-state index is -1.13. The molecule has 0 heterocycles. The number of aliphatic carboxylic acids is 1. The summed E-state index contributed by atoms with van der Waals surface area (Å²) in [5.74, 6) is -0.954. The summed E-state index contributed by atoms with van der Waals surface area (Å²) in [6, 6.07) is -1.03. The number of hydrogen-bond acceptors (Lipinski definition) is 4. The molecule has 0 aromatic heterocycles. The van der Waals surface area contributed by atoms with Crippen LogP contribution in [0.5, 0.6) is 0 Å². The van der Waals surface area contributed by atoms with Gasteiger partial charge in [-0.25, -0.2) is 4.79 Å². The molecule has 6 nitrogen and oxygen atoms in total. The molecule has 106 valence electrons. The Hall–Kier alpha value is -1.14. The molecule has 0 aromatic carbocycles. The zero-order chi connectivity index (χ0) is 14.1. The predicted molar refractivity (Wildman–Crippen MR) is 67.9 cm³/mol. The van der Waals surface area contributed by atoms with Gasteiger partial charge in [-0.2, -0.15) is 0 Å². The molecule has 2 atom stereocenters. The van der Waals surface area contributed by atoms with Gasteiger partial charge in [0, 0.05) is 19.4 Å². The summed E-state index contributed by atoms with van der Waals surface area (Å²) in [5, 5.41) is 20.0.